The van der Waals surface area contributed by atoms with Crippen LogP contribution in [0.5, 0.6) is 0 Å². The number of amides is 1. The molecule has 0 atom stereocenters. The minimum atomic E-state index is -0.0815. The molecule has 4 heterocycles. The van der Waals surface area contributed by atoms with Crippen molar-refractivity contribution in [3.8, 4) is 0 Å². The van der Waals surface area contributed by atoms with E-state index < -0.39 is 0 Å². The fourth-order valence-corrected chi connectivity index (χ4v) is 2.75. The molecule has 1 fully saturated rings. The van der Waals surface area contributed by atoms with Gasteiger partial charge in [0.2, 0.25) is 0 Å². The first-order valence-corrected chi connectivity index (χ1v) is 7.32. The lowest BCUT2D eigenvalue weighted by atomic mass is 10.2. The number of anilines is 1. The Hall–Kier alpha value is -2.97. The molecule has 1 amide bonds. The second kappa shape index (κ2) is 5.34. The Labute approximate surface area is 131 Å². The van der Waals surface area contributed by atoms with Gasteiger partial charge in [0, 0.05) is 33.2 Å². The number of aryl methyl sites for hydroxylation is 1. The highest BCUT2D eigenvalue weighted by Gasteiger charge is 2.26. The highest BCUT2D eigenvalue weighted by Crippen LogP contribution is 2.21. The quantitative estimate of drug-likeness (QED) is 0.672. The molecule has 3 aromatic heterocycles. The highest BCUT2D eigenvalue weighted by molar-refractivity contribution is 5.91. The number of furan rings is 1. The summed E-state index contributed by atoms with van der Waals surface area (Å²) in [7, 11) is 1.80. The number of aromatic nitrogens is 5. The fourth-order valence-electron chi connectivity index (χ4n) is 2.75. The van der Waals surface area contributed by atoms with E-state index in [1.807, 2.05) is 0 Å². The lowest BCUT2D eigenvalue weighted by molar-refractivity contribution is 0.0714. The molecule has 0 aromatic carbocycles. The molecule has 4 rings (SSSR count). The van der Waals surface area contributed by atoms with E-state index in [-0.39, 0.29) is 5.91 Å². The van der Waals surface area contributed by atoms with Gasteiger partial charge < -0.3 is 14.2 Å². The number of carbonyl (C=O) groups excluding carboxylic acids is 1. The van der Waals surface area contributed by atoms with Gasteiger partial charge in [-0.05, 0) is 12.1 Å². The number of hydrogen-bond donors (Lipinski definition) is 0. The van der Waals surface area contributed by atoms with Crippen LogP contribution in [-0.4, -0.2) is 61.9 Å². The van der Waals surface area contributed by atoms with Crippen LogP contribution in [0.4, 0.5) is 5.82 Å². The van der Waals surface area contributed by atoms with Gasteiger partial charge in [0.05, 0.1) is 6.26 Å². The summed E-state index contributed by atoms with van der Waals surface area (Å²) in [6.45, 7) is 2.56. The second-order valence-electron chi connectivity index (χ2n) is 5.34. The highest BCUT2D eigenvalue weighted by atomic mass is 16.3. The van der Waals surface area contributed by atoms with Crippen molar-refractivity contribution in [3.63, 3.8) is 0 Å². The Bertz CT molecular complexity index is 834. The van der Waals surface area contributed by atoms with Gasteiger partial charge in [-0.15, -0.1) is 5.10 Å². The number of nitrogens with zero attached hydrogens (tertiary/aromatic N) is 7. The summed E-state index contributed by atoms with van der Waals surface area (Å²) >= 11 is 0. The van der Waals surface area contributed by atoms with Crippen molar-refractivity contribution in [2.45, 2.75) is 0 Å². The molecule has 9 heteroatoms. The van der Waals surface area contributed by atoms with E-state index in [0.29, 0.717) is 43.1 Å². The summed E-state index contributed by atoms with van der Waals surface area (Å²) in [6.07, 6.45) is 3.02. The van der Waals surface area contributed by atoms with E-state index in [1.165, 1.54) is 12.6 Å². The molecule has 1 saturated heterocycles. The SMILES string of the molecule is Cn1nnc2c(N3CCN(C(=O)c4ccco4)CC3)ncnc21. The van der Waals surface area contributed by atoms with Crippen molar-refractivity contribution in [2.24, 2.45) is 7.05 Å². The fraction of sp³-hybridized carbons (Fsp3) is 0.357. The Kier molecular flexibility index (Phi) is 3.18. The molecule has 1 aliphatic rings. The lowest BCUT2D eigenvalue weighted by Crippen LogP contribution is -2.49. The van der Waals surface area contributed by atoms with Gasteiger partial charge in [-0.3, -0.25) is 4.79 Å². The largest absolute Gasteiger partial charge is 0.459 e. The zero-order chi connectivity index (χ0) is 15.8. The predicted molar refractivity (Wildman–Crippen MR) is 80.9 cm³/mol. The van der Waals surface area contributed by atoms with E-state index in [1.54, 1.807) is 28.8 Å². The van der Waals surface area contributed by atoms with Crippen molar-refractivity contribution < 1.29 is 9.21 Å². The van der Waals surface area contributed by atoms with Crippen LogP contribution in [0.3, 0.4) is 0 Å². The smallest absolute Gasteiger partial charge is 0.289 e. The minimum absolute atomic E-state index is 0.0815. The molecule has 23 heavy (non-hydrogen) atoms. The monoisotopic (exact) mass is 313 g/mol. The molecule has 118 valence electrons. The van der Waals surface area contributed by atoms with Crippen molar-refractivity contribution in [3.05, 3.63) is 30.5 Å². The van der Waals surface area contributed by atoms with Gasteiger partial charge in [-0.1, -0.05) is 5.21 Å². The summed E-state index contributed by atoms with van der Waals surface area (Å²) in [5.41, 5.74) is 1.38. The van der Waals surface area contributed by atoms with Crippen LogP contribution in [0.15, 0.2) is 29.1 Å². The average Bonchev–Trinajstić information content (AvgIpc) is 3.25. The minimum Gasteiger partial charge on any atom is -0.459 e. The standard InChI is InChI=1S/C14H15N7O2/c1-19-12-11(17-18-19)13(16-9-15-12)20-4-6-21(7-5-20)14(22)10-3-2-8-23-10/h2-3,8-9H,4-7H2,1H3. The first kappa shape index (κ1) is 13.7. The van der Waals surface area contributed by atoms with Gasteiger partial charge >= 0.3 is 0 Å². The molecule has 0 saturated carbocycles. The Morgan fingerprint density at radius 1 is 1.22 bits per heavy atom. The van der Waals surface area contributed by atoms with Crippen LogP contribution in [0.1, 0.15) is 10.6 Å². The first-order valence-electron chi connectivity index (χ1n) is 7.32. The van der Waals surface area contributed by atoms with Crippen LogP contribution in [0.25, 0.3) is 11.2 Å². The van der Waals surface area contributed by atoms with Gasteiger partial charge in [0.1, 0.15) is 6.33 Å². The maximum atomic E-state index is 12.3. The number of piperazine rings is 1. The average molecular weight is 313 g/mol. The molecular weight excluding hydrogens is 298 g/mol. The lowest BCUT2D eigenvalue weighted by Gasteiger charge is -2.34. The van der Waals surface area contributed by atoms with E-state index in [4.69, 9.17) is 4.42 Å². The zero-order valence-corrected chi connectivity index (χ0v) is 12.6. The Morgan fingerprint density at radius 2 is 2.04 bits per heavy atom. The summed E-state index contributed by atoms with van der Waals surface area (Å²) in [5.74, 6) is 1.05. The molecule has 1 aliphatic heterocycles. The molecule has 3 aromatic rings. The van der Waals surface area contributed by atoms with Crippen molar-refractivity contribution in [2.75, 3.05) is 31.1 Å². The predicted octanol–water partition coefficient (Wildman–Crippen LogP) is 0.314. The topological polar surface area (TPSA) is 93.2 Å². The second-order valence-corrected chi connectivity index (χ2v) is 5.34. The third-order valence-electron chi connectivity index (χ3n) is 3.97. The summed E-state index contributed by atoms with van der Waals surface area (Å²) in [4.78, 5) is 24.7. The van der Waals surface area contributed by atoms with Crippen LogP contribution in [-0.2, 0) is 7.05 Å². The van der Waals surface area contributed by atoms with Crippen LogP contribution in [0, 0.1) is 0 Å². The van der Waals surface area contributed by atoms with Crippen LogP contribution >= 0.6 is 0 Å². The van der Waals surface area contributed by atoms with Gasteiger partial charge in [0.25, 0.3) is 5.91 Å². The zero-order valence-electron chi connectivity index (χ0n) is 12.6. The number of hydrogen-bond acceptors (Lipinski definition) is 7. The Balaban J connectivity index is 1.52. The molecule has 0 bridgehead atoms. The normalized spacial score (nSPS) is 15.3. The number of carbonyl (C=O) groups is 1. The Morgan fingerprint density at radius 3 is 2.78 bits per heavy atom. The molecular formula is C14H15N7O2. The third-order valence-corrected chi connectivity index (χ3v) is 3.97. The molecule has 0 aliphatic carbocycles. The van der Waals surface area contributed by atoms with Crippen molar-refractivity contribution in [1.29, 1.82) is 0 Å². The van der Waals surface area contributed by atoms with Crippen LogP contribution in [0.2, 0.25) is 0 Å². The molecule has 0 unspecified atom stereocenters. The van der Waals surface area contributed by atoms with E-state index in [0.717, 1.165) is 5.82 Å². The van der Waals surface area contributed by atoms with Crippen LogP contribution < -0.4 is 4.90 Å². The number of rotatable bonds is 2. The van der Waals surface area contributed by atoms with E-state index in [2.05, 4.69) is 25.2 Å². The van der Waals surface area contributed by atoms with Gasteiger partial charge in [0.15, 0.2) is 22.7 Å². The maximum Gasteiger partial charge on any atom is 0.289 e. The van der Waals surface area contributed by atoms with E-state index in [9.17, 15) is 4.79 Å². The number of fused-ring (bicyclic) bond motifs is 1. The summed E-state index contributed by atoms with van der Waals surface area (Å²) in [5, 5.41) is 8.13. The molecule has 9 nitrogen and oxygen atoms in total. The van der Waals surface area contributed by atoms with Crippen molar-refractivity contribution in [1.82, 2.24) is 29.9 Å². The van der Waals surface area contributed by atoms with Crippen molar-refractivity contribution >= 4 is 22.9 Å². The molecule has 0 N–H and O–H groups in total. The van der Waals surface area contributed by atoms with Gasteiger partial charge in [-0.25, -0.2) is 14.6 Å². The van der Waals surface area contributed by atoms with E-state index >= 15 is 0 Å². The maximum absolute atomic E-state index is 12.3. The van der Waals surface area contributed by atoms with Gasteiger partial charge in [-0.2, -0.15) is 0 Å². The summed E-state index contributed by atoms with van der Waals surface area (Å²) in [6, 6.07) is 3.40. The molecule has 0 spiro atoms. The third kappa shape index (κ3) is 2.30. The first-order chi connectivity index (χ1) is 11.2. The molecule has 0 radical (unpaired) electrons. The summed E-state index contributed by atoms with van der Waals surface area (Å²) < 4.78 is 6.80.